The molecule has 0 saturated carbocycles. The smallest absolute Gasteiger partial charge is 0.321 e. The fourth-order valence-electron chi connectivity index (χ4n) is 1.37. The maximum atomic E-state index is 11.5. The summed E-state index contributed by atoms with van der Waals surface area (Å²) in [4.78, 5) is 34.7. The minimum absolute atomic E-state index is 0. The highest BCUT2D eigenvalue weighted by Gasteiger charge is 2.14. The average molecular weight is 296 g/mol. The minimum atomic E-state index is -0.994. The summed E-state index contributed by atoms with van der Waals surface area (Å²) in [5, 5.41) is 13.3. The molecule has 0 atom stereocenters. The largest absolute Gasteiger partial charge is 0.480 e. The topological polar surface area (TPSA) is 98.7 Å². The van der Waals surface area contributed by atoms with Crippen molar-refractivity contribution in [2.24, 2.45) is 0 Å². The fraction of sp³-hybridized carbons (Fsp3) is 0.727. The summed E-state index contributed by atoms with van der Waals surface area (Å²) >= 11 is 0. The highest BCUT2D eigenvalue weighted by Crippen LogP contribution is 1.91. The van der Waals surface area contributed by atoms with Crippen LogP contribution in [0.1, 0.15) is 26.7 Å². The Morgan fingerprint density at radius 3 is 2.21 bits per heavy atom. The van der Waals surface area contributed by atoms with Crippen molar-refractivity contribution in [3.63, 3.8) is 0 Å². The van der Waals surface area contributed by atoms with Crippen molar-refractivity contribution >= 4 is 30.3 Å². The number of hydrogen-bond donors (Lipinski definition) is 3. The lowest BCUT2D eigenvalue weighted by molar-refractivity contribution is -0.138. The lowest BCUT2D eigenvalue weighted by Gasteiger charge is -2.18. The molecule has 0 aliphatic carbocycles. The zero-order chi connectivity index (χ0) is 14.0. The molecule has 0 aromatic heterocycles. The molecule has 0 aromatic rings. The van der Waals surface area contributed by atoms with E-state index in [2.05, 4.69) is 10.6 Å². The van der Waals surface area contributed by atoms with Crippen LogP contribution >= 0.6 is 12.4 Å². The van der Waals surface area contributed by atoms with E-state index in [1.54, 1.807) is 0 Å². The number of carboxylic acid groups (broad SMARTS) is 1. The van der Waals surface area contributed by atoms with Crippen molar-refractivity contribution in [3.8, 4) is 0 Å². The number of amides is 3. The number of halogens is 1. The SMILES string of the molecule is CCCNC(=O)NC(=O)CN(CCC)CC(=O)O.Cl. The van der Waals surface area contributed by atoms with Crippen LogP contribution in [0.2, 0.25) is 0 Å². The Hall–Kier alpha value is -1.34. The lowest BCUT2D eigenvalue weighted by atomic mass is 10.4. The van der Waals surface area contributed by atoms with Gasteiger partial charge in [0.15, 0.2) is 0 Å². The van der Waals surface area contributed by atoms with Gasteiger partial charge in [-0.3, -0.25) is 19.8 Å². The predicted octanol–water partition coefficient (Wildman–Crippen LogP) is 0.441. The molecule has 0 fully saturated rings. The van der Waals surface area contributed by atoms with Gasteiger partial charge in [-0.05, 0) is 19.4 Å². The minimum Gasteiger partial charge on any atom is -0.480 e. The molecule has 0 saturated heterocycles. The van der Waals surface area contributed by atoms with Crippen LogP contribution < -0.4 is 10.6 Å². The number of imide groups is 1. The molecular formula is C11H22ClN3O4. The van der Waals surface area contributed by atoms with Crippen molar-refractivity contribution in [2.45, 2.75) is 26.7 Å². The van der Waals surface area contributed by atoms with Crippen molar-refractivity contribution < 1.29 is 19.5 Å². The number of urea groups is 1. The van der Waals surface area contributed by atoms with E-state index < -0.39 is 17.9 Å². The number of nitrogens with zero attached hydrogens (tertiary/aromatic N) is 1. The third-order valence-electron chi connectivity index (χ3n) is 2.05. The summed E-state index contributed by atoms with van der Waals surface area (Å²) in [6, 6.07) is -0.548. The first-order valence-corrected chi connectivity index (χ1v) is 6.01. The molecule has 8 heteroatoms. The zero-order valence-electron chi connectivity index (χ0n) is 11.3. The highest BCUT2D eigenvalue weighted by atomic mass is 35.5. The number of carboxylic acids is 1. The summed E-state index contributed by atoms with van der Waals surface area (Å²) in [5.41, 5.74) is 0. The van der Waals surface area contributed by atoms with Gasteiger partial charge in [0.05, 0.1) is 13.1 Å². The van der Waals surface area contributed by atoms with E-state index in [4.69, 9.17) is 5.11 Å². The van der Waals surface area contributed by atoms with Crippen LogP contribution in [-0.4, -0.2) is 54.1 Å². The first kappa shape index (κ1) is 20.0. The maximum absolute atomic E-state index is 11.5. The van der Waals surface area contributed by atoms with E-state index in [0.717, 1.165) is 12.8 Å². The Bertz CT molecular complexity index is 300. The van der Waals surface area contributed by atoms with Crippen LogP contribution in [0, 0.1) is 0 Å². The van der Waals surface area contributed by atoms with Gasteiger partial charge < -0.3 is 10.4 Å². The van der Waals surface area contributed by atoms with Gasteiger partial charge in [-0.25, -0.2) is 4.79 Å². The van der Waals surface area contributed by atoms with Crippen LogP contribution in [0.25, 0.3) is 0 Å². The Kier molecular flexibility index (Phi) is 12.3. The standard InChI is InChI=1S/C11H21N3O4.ClH/c1-3-5-12-11(18)13-9(15)7-14(6-4-2)8-10(16)17;/h3-8H2,1-2H3,(H,16,17)(H2,12,13,15,18);1H. The molecule has 0 spiro atoms. The lowest BCUT2D eigenvalue weighted by Crippen LogP contribution is -2.45. The first-order valence-electron chi connectivity index (χ1n) is 6.01. The van der Waals surface area contributed by atoms with Crippen molar-refractivity contribution in [1.82, 2.24) is 15.5 Å². The number of rotatable bonds is 8. The second-order valence-corrected chi connectivity index (χ2v) is 3.91. The quantitative estimate of drug-likeness (QED) is 0.603. The molecule has 19 heavy (non-hydrogen) atoms. The number of carbonyl (C=O) groups is 3. The molecule has 0 aromatic carbocycles. The van der Waals surface area contributed by atoms with Crippen LogP contribution in [0.4, 0.5) is 4.79 Å². The summed E-state index contributed by atoms with van der Waals surface area (Å²) in [6.45, 7) is 4.47. The molecule has 0 heterocycles. The van der Waals surface area contributed by atoms with Gasteiger partial charge in [0.25, 0.3) is 0 Å². The van der Waals surface area contributed by atoms with E-state index in [9.17, 15) is 14.4 Å². The van der Waals surface area contributed by atoms with E-state index in [1.807, 2.05) is 13.8 Å². The van der Waals surface area contributed by atoms with E-state index >= 15 is 0 Å². The Morgan fingerprint density at radius 2 is 1.74 bits per heavy atom. The van der Waals surface area contributed by atoms with Crippen molar-refractivity contribution in [2.75, 3.05) is 26.2 Å². The van der Waals surface area contributed by atoms with Gasteiger partial charge in [0.1, 0.15) is 0 Å². The molecule has 3 N–H and O–H groups in total. The van der Waals surface area contributed by atoms with Gasteiger partial charge in [-0.2, -0.15) is 0 Å². The van der Waals surface area contributed by atoms with Crippen LogP contribution in [-0.2, 0) is 9.59 Å². The second kappa shape index (κ2) is 11.7. The van der Waals surface area contributed by atoms with E-state index in [-0.39, 0.29) is 25.5 Å². The highest BCUT2D eigenvalue weighted by molar-refractivity contribution is 5.95. The monoisotopic (exact) mass is 295 g/mol. The fourth-order valence-corrected chi connectivity index (χ4v) is 1.37. The van der Waals surface area contributed by atoms with Crippen LogP contribution in [0.5, 0.6) is 0 Å². The van der Waals surface area contributed by atoms with E-state index in [0.29, 0.717) is 13.1 Å². The maximum Gasteiger partial charge on any atom is 0.321 e. The van der Waals surface area contributed by atoms with Gasteiger partial charge in [0, 0.05) is 6.54 Å². The molecular weight excluding hydrogens is 274 g/mol. The predicted molar refractivity (Wildman–Crippen MR) is 73.4 cm³/mol. The Balaban J connectivity index is 0. The zero-order valence-corrected chi connectivity index (χ0v) is 12.1. The van der Waals surface area contributed by atoms with Gasteiger partial charge in [0.2, 0.25) is 5.91 Å². The molecule has 7 nitrogen and oxygen atoms in total. The van der Waals surface area contributed by atoms with Crippen molar-refractivity contribution in [1.29, 1.82) is 0 Å². The van der Waals surface area contributed by atoms with Gasteiger partial charge >= 0.3 is 12.0 Å². The third kappa shape index (κ3) is 11.5. The Labute approximate surface area is 119 Å². The number of carbonyl (C=O) groups excluding carboxylic acids is 2. The van der Waals surface area contributed by atoms with E-state index in [1.165, 1.54) is 4.90 Å². The molecule has 0 aliphatic heterocycles. The average Bonchev–Trinajstić information content (AvgIpc) is 2.25. The molecule has 0 radical (unpaired) electrons. The van der Waals surface area contributed by atoms with Crippen LogP contribution in [0.3, 0.4) is 0 Å². The molecule has 3 amide bonds. The molecule has 112 valence electrons. The van der Waals surface area contributed by atoms with Gasteiger partial charge in [-0.15, -0.1) is 12.4 Å². The summed E-state index contributed by atoms with van der Waals surface area (Å²) < 4.78 is 0. The summed E-state index contributed by atoms with van der Waals surface area (Å²) in [5.74, 6) is -1.50. The molecule has 0 unspecified atom stereocenters. The molecule has 0 aliphatic rings. The number of nitrogens with one attached hydrogen (secondary N) is 2. The number of aliphatic carboxylic acids is 1. The molecule has 0 bridgehead atoms. The summed E-state index contributed by atoms with van der Waals surface area (Å²) in [7, 11) is 0. The first-order chi connectivity index (χ1) is 8.49. The van der Waals surface area contributed by atoms with Crippen LogP contribution in [0.15, 0.2) is 0 Å². The Morgan fingerprint density at radius 1 is 1.11 bits per heavy atom. The van der Waals surface area contributed by atoms with Gasteiger partial charge in [-0.1, -0.05) is 13.8 Å². The second-order valence-electron chi connectivity index (χ2n) is 3.91. The van der Waals surface area contributed by atoms with Crippen molar-refractivity contribution in [3.05, 3.63) is 0 Å². The summed E-state index contributed by atoms with van der Waals surface area (Å²) in [6.07, 6.45) is 1.52. The third-order valence-corrected chi connectivity index (χ3v) is 2.05. The molecule has 0 rings (SSSR count). The normalized spacial score (nSPS) is 9.63. The number of hydrogen-bond acceptors (Lipinski definition) is 4.